The van der Waals surface area contributed by atoms with Crippen molar-refractivity contribution in [2.45, 2.75) is 46.2 Å². The SMILES string of the molecule is Cc1nc2c(F)cc(-c3nc(Nc4ccc5c(n4)CCN(CCO)C5)ncc3F)cc2n1C(C)(C)C. The molecule has 0 unspecified atom stereocenters. The molecule has 2 N–H and O–H groups in total. The fraction of sp³-hybridized carbons (Fsp3) is 0.385. The lowest BCUT2D eigenvalue weighted by molar-refractivity contribution is 0.183. The van der Waals surface area contributed by atoms with Gasteiger partial charge in [0.05, 0.1) is 18.3 Å². The number of hydrogen-bond donors (Lipinski definition) is 2. The molecule has 3 aromatic heterocycles. The van der Waals surface area contributed by atoms with Gasteiger partial charge in [-0.1, -0.05) is 6.07 Å². The van der Waals surface area contributed by atoms with Crippen molar-refractivity contribution in [1.29, 1.82) is 0 Å². The molecule has 4 aromatic rings. The summed E-state index contributed by atoms with van der Waals surface area (Å²) in [7, 11) is 0. The first kappa shape index (κ1) is 24.2. The predicted octanol–water partition coefficient (Wildman–Crippen LogP) is 4.32. The number of imidazole rings is 1. The molecule has 0 bridgehead atoms. The summed E-state index contributed by atoms with van der Waals surface area (Å²) in [5, 5.41) is 12.2. The zero-order chi connectivity index (χ0) is 25.6. The number of aliphatic hydroxyl groups excluding tert-OH is 1. The average molecular weight is 494 g/mol. The largest absolute Gasteiger partial charge is 0.395 e. The fourth-order valence-electron chi connectivity index (χ4n) is 4.86. The Kier molecular flexibility index (Phi) is 6.17. The Labute approximate surface area is 208 Å². The second-order valence-corrected chi connectivity index (χ2v) is 10.1. The standard InChI is InChI=1S/C26H29F2N7O/c1-15-30-24-18(27)11-17(12-21(24)35(15)26(2,3)4)23-19(28)13-29-25(33-23)32-22-6-5-16-14-34(9-10-36)8-7-20(16)31-22/h5-6,11-13,36H,7-10,14H2,1-4H3,(H,29,31,32,33). The van der Waals surface area contributed by atoms with Gasteiger partial charge in [0.2, 0.25) is 5.95 Å². The van der Waals surface area contributed by atoms with Crippen molar-refractivity contribution in [3.63, 3.8) is 0 Å². The zero-order valence-corrected chi connectivity index (χ0v) is 20.8. The van der Waals surface area contributed by atoms with Gasteiger partial charge in [0, 0.05) is 42.9 Å². The molecule has 188 valence electrons. The molecule has 36 heavy (non-hydrogen) atoms. The van der Waals surface area contributed by atoms with Gasteiger partial charge < -0.3 is 15.0 Å². The van der Waals surface area contributed by atoms with E-state index in [1.165, 1.54) is 6.07 Å². The van der Waals surface area contributed by atoms with Crippen LogP contribution in [0.1, 0.15) is 37.9 Å². The molecule has 8 nitrogen and oxygen atoms in total. The van der Waals surface area contributed by atoms with Crippen LogP contribution in [0.5, 0.6) is 0 Å². The maximum atomic E-state index is 15.0. The van der Waals surface area contributed by atoms with Gasteiger partial charge in [0.1, 0.15) is 22.9 Å². The highest BCUT2D eigenvalue weighted by atomic mass is 19.1. The molecule has 0 radical (unpaired) electrons. The normalized spacial score (nSPS) is 14.3. The summed E-state index contributed by atoms with van der Waals surface area (Å²) in [4.78, 5) is 19.7. The number of pyridine rings is 1. The molecule has 10 heteroatoms. The van der Waals surface area contributed by atoms with E-state index in [4.69, 9.17) is 0 Å². The van der Waals surface area contributed by atoms with Crippen molar-refractivity contribution < 1.29 is 13.9 Å². The van der Waals surface area contributed by atoms with E-state index in [1.54, 1.807) is 6.07 Å². The Balaban J connectivity index is 1.48. The lowest BCUT2D eigenvalue weighted by atomic mass is 10.1. The van der Waals surface area contributed by atoms with E-state index < -0.39 is 11.6 Å². The molecule has 0 atom stereocenters. The van der Waals surface area contributed by atoms with Crippen LogP contribution in [-0.4, -0.2) is 54.2 Å². The van der Waals surface area contributed by atoms with E-state index in [1.807, 2.05) is 44.4 Å². The van der Waals surface area contributed by atoms with Crippen molar-refractivity contribution in [3.8, 4) is 11.3 Å². The van der Waals surface area contributed by atoms with Crippen molar-refractivity contribution in [2.24, 2.45) is 0 Å². The number of halogens is 2. The van der Waals surface area contributed by atoms with Crippen LogP contribution in [0.3, 0.4) is 0 Å². The van der Waals surface area contributed by atoms with Crippen molar-refractivity contribution in [1.82, 2.24) is 29.4 Å². The first-order chi connectivity index (χ1) is 17.1. The summed E-state index contributed by atoms with van der Waals surface area (Å²) in [5.41, 5.74) is 2.85. The molecule has 1 aliphatic rings. The lowest BCUT2D eigenvalue weighted by Gasteiger charge is -2.27. The van der Waals surface area contributed by atoms with E-state index in [0.29, 0.717) is 29.3 Å². The molecule has 0 spiro atoms. The van der Waals surface area contributed by atoms with Gasteiger partial charge in [-0.25, -0.2) is 28.7 Å². The number of anilines is 2. The van der Waals surface area contributed by atoms with Gasteiger partial charge in [-0.05, 0) is 51.5 Å². The number of rotatable bonds is 5. The van der Waals surface area contributed by atoms with Gasteiger partial charge in [0.25, 0.3) is 0 Å². The van der Waals surface area contributed by atoms with Gasteiger partial charge in [-0.15, -0.1) is 0 Å². The minimum atomic E-state index is -0.653. The third-order valence-corrected chi connectivity index (χ3v) is 6.35. The Morgan fingerprint density at radius 1 is 1.08 bits per heavy atom. The zero-order valence-electron chi connectivity index (χ0n) is 20.8. The van der Waals surface area contributed by atoms with Crippen LogP contribution in [0, 0.1) is 18.6 Å². The van der Waals surface area contributed by atoms with Crippen LogP contribution in [-0.2, 0) is 18.5 Å². The molecule has 0 amide bonds. The van der Waals surface area contributed by atoms with Gasteiger partial charge in [-0.3, -0.25) is 4.90 Å². The molecule has 0 saturated carbocycles. The molecule has 0 fully saturated rings. The minimum Gasteiger partial charge on any atom is -0.395 e. The van der Waals surface area contributed by atoms with Crippen LogP contribution in [0.25, 0.3) is 22.3 Å². The number of aromatic nitrogens is 5. The molecule has 1 aliphatic heterocycles. The van der Waals surface area contributed by atoms with Crippen molar-refractivity contribution >= 4 is 22.8 Å². The quantitative estimate of drug-likeness (QED) is 0.428. The van der Waals surface area contributed by atoms with Gasteiger partial charge in [-0.2, -0.15) is 0 Å². The number of β-amino-alcohol motifs (C(OH)–C–C–N with tert-alkyl or cyclic N) is 1. The number of aliphatic hydroxyl groups is 1. The summed E-state index contributed by atoms with van der Waals surface area (Å²) >= 11 is 0. The van der Waals surface area contributed by atoms with E-state index >= 15 is 4.39 Å². The lowest BCUT2D eigenvalue weighted by Crippen LogP contribution is -2.33. The fourth-order valence-corrected chi connectivity index (χ4v) is 4.86. The van der Waals surface area contributed by atoms with Gasteiger partial charge >= 0.3 is 0 Å². The Morgan fingerprint density at radius 2 is 1.89 bits per heavy atom. The summed E-state index contributed by atoms with van der Waals surface area (Å²) in [5.74, 6) is 0.201. The van der Waals surface area contributed by atoms with Crippen LogP contribution >= 0.6 is 0 Å². The van der Waals surface area contributed by atoms with Crippen LogP contribution in [0.15, 0.2) is 30.5 Å². The van der Waals surface area contributed by atoms with E-state index in [9.17, 15) is 9.50 Å². The summed E-state index contributed by atoms with van der Waals surface area (Å²) < 4.78 is 31.8. The highest BCUT2D eigenvalue weighted by molar-refractivity contribution is 5.83. The number of aryl methyl sites for hydroxylation is 1. The van der Waals surface area contributed by atoms with Crippen LogP contribution in [0.2, 0.25) is 0 Å². The highest BCUT2D eigenvalue weighted by Crippen LogP contribution is 2.32. The smallest absolute Gasteiger partial charge is 0.229 e. The van der Waals surface area contributed by atoms with Crippen LogP contribution < -0.4 is 5.32 Å². The molecule has 4 heterocycles. The third-order valence-electron chi connectivity index (χ3n) is 6.35. The molecule has 0 aliphatic carbocycles. The number of hydrogen-bond acceptors (Lipinski definition) is 7. The summed E-state index contributed by atoms with van der Waals surface area (Å²) in [6.07, 6.45) is 1.84. The van der Waals surface area contributed by atoms with E-state index in [2.05, 4.69) is 30.2 Å². The maximum absolute atomic E-state index is 15.0. The molecule has 1 aromatic carbocycles. The molecular weight excluding hydrogens is 464 g/mol. The minimum absolute atomic E-state index is 0.00906. The van der Waals surface area contributed by atoms with Gasteiger partial charge in [0.15, 0.2) is 11.6 Å². The third kappa shape index (κ3) is 4.54. The van der Waals surface area contributed by atoms with E-state index in [-0.39, 0.29) is 29.3 Å². The predicted molar refractivity (Wildman–Crippen MR) is 134 cm³/mol. The Hall–Kier alpha value is -3.50. The molecule has 0 saturated heterocycles. The second kappa shape index (κ2) is 9.18. The molecular formula is C26H29F2N7O. The van der Waals surface area contributed by atoms with E-state index in [0.717, 1.165) is 37.0 Å². The number of benzene rings is 1. The number of nitrogens with zero attached hydrogens (tertiary/aromatic N) is 6. The highest BCUT2D eigenvalue weighted by Gasteiger charge is 2.23. The topological polar surface area (TPSA) is 92.0 Å². The Bertz CT molecular complexity index is 1440. The molecule has 5 rings (SSSR count). The summed E-state index contributed by atoms with van der Waals surface area (Å²) in [6, 6.07) is 6.78. The van der Waals surface area contributed by atoms with Crippen LogP contribution in [0.4, 0.5) is 20.5 Å². The average Bonchev–Trinajstić information content (AvgIpc) is 3.17. The first-order valence-corrected chi connectivity index (χ1v) is 11.9. The maximum Gasteiger partial charge on any atom is 0.229 e. The Morgan fingerprint density at radius 3 is 2.64 bits per heavy atom. The second-order valence-electron chi connectivity index (χ2n) is 10.1. The monoisotopic (exact) mass is 493 g/mol. The first-order valence-electron chi connectivity index (χ1n) is 11.9. The van der Waals surface area contributed by atoms with Crippen molar-refractivity contribution in [3.05, 3.63) is 59.2 Å². The summed E-state index contributed by atoms with van der Waals surface area (Å²) in [6.45, 7) is 10.2. The number of nitrogens with one attached hydrogen (secondary N) is 1. The van der Waals surface area contributed by atoms with Crippen molar-refractivity contribution in [2.75, 3.05) is 25.0 Å². The number of fused-ring (bicyclic) bond motifs is 2.